The Bertz CT molecular complexity index is 723. The lowest BCUT2D eigenvalue weighted by Crippen LogP contribution is -2.47. The first-order chi connectivity index (χ1) is 13.5. The zero-order chi connectivity index (χ0) is 20.1. The Hall–Kier alpha value is -2.08. The van der Waals surface area contributed by atoms with Gasteiger partial charge in [-0.05, 0) is 50.8 Å². The van der Waals surface area contributed by atoms with Gasteiger partial charge in [-0.15, -0.1) is 0 Å². The number of amides is 2. The van der Waals surface area contributed by atoms with Crippen molar-refractivity contribution in [3.63, 3.8) is 0 Å². The molecule has 0 radical (unpaired) electrons. The van der Waals surface area contributed by atoms with Crippen molar-refractivity contribution in [2.75, 3.05) is 32.8 Å². The van der Waals surface area contributed by atoms with E-state index in [0.29, 0.717) is 69.1 Å². The van der Waals surface area contributed by atoms with Gasteiger partial charge in [-0.3, -0.25) is 14.4 Å². The first kappa shape index (κ1) is 20.6. The summed E-state index contributed by atoms with van der Waals surface area (Å²) in [5, 5.41) is 0.544. The lowest BCUT2D eigenvalue weighted by molar-refractivity contribution is -0.152. The summed E-state index contributed by atoms with van der Waals surface area (Å²) in [5.41, 5.74) is 0.582. The molecule has 0 atom stereocenters. The van der Waals surface area contributed by atoms with E-state index in [2.05, 4.69) is 0 Å². The number of carbonyl (C=O) groups excluding carboxylic acids is 3. The average molecular weight is 407 g/mol. The number of rotatable bonds is 4. The maximum Gasteiger partial charge on any atom is 0.309 e. The molecule has 2 saturated heterocycles. The Labute approximate surface area is 170 Å². The van der Waals surface area contributed by atoms with Gasteiger partial charge in [0.15, 0.2) is 0 Å². The largest absolute Gasteiger partial charge is 0.466 e. The summed E-state index contributed by atoms with van der Waals surface area (Å²) in [7, 11) is 0. The van der Waals surface area contributed by atoms with E-state index in [4.69, 9.17) is 16.3 Å². The second-order valence-corrected chi connectivity index (χ2v) is 7.86. The van der Waals surface area contributed by atoms with Gasteiger partial charge in [0.25, 0.3) is 5.91 Å². The lowest BCUT2D eigenvalue weighted by atomic mass is 9.92. The number of nitrogens with zero attached hydrogens (tertiary/aromatic N) is 2. The van der Waals surface area contributed by atoms with Crippen LogP contribution in [-0.2, 0) is 14.3 Å². The van der Waals surface area contributed by atoms with Crippen molar-refractivity contribution in [2.24, 2.45) is 11.8 Å². The quantitative estimate of drug-likeness (QED) is 0.721. The summed E-state index contributed by atoms with van der Waals surface area (Å²) in [6.45, 7) is 4.54. The van der Waals surface area contributed by atoms with Gasteiger partial charge in [0.2, 0.25) is 5.91 Å². The van der Waals surface area contributed by atoms with E-state index in [1.54, 1.807) is 36.1 Å². The van der Waals surface area contributed by atoms with Crippen LogP contribution in [0, 0.1) is 11.8 Å². The molecule has 0 N–H and O–H groups in total. The minimum absolute atomic E-state index is 0.0383. The minimum Gasteiger partial charge on any atom is -0.466 e. The van der Waals surface area contributed by atoms with Gasteiger partial charge < -0.3 is 14.5 Å². The molecule has 0 saturated carbocycles. The number of hydrogen-bond acceptors (Lipinski definition) is 4. The fourth-order valence-corrected chi connectivity index (χ4v) is 4.18. The Morgan fingerprint density at radius 1 is 1.00 bits per heavy atom. The molecule has 28 heavy (non-hydrogen) atoms. The van der Waals surface area contributed by atoms with E-state index in [1.165, 1.54) is 0 Å². The van der Waals surface area contributed by atoms with Gasteiger partial charge in [0.1, 0.15) is 0 Å². The molecule has 3 rings (SSSR count). The van der Waals surface area contributed by atoms with Crippen LogP contribution in [0.1, 0.15) is 43.0 Å². The van der Waals surface area contributed by atoms with Gasteiger partial charge in [-0.25, -0.2) is 0 Å². The summed E-state index contributed by atoms with van der Waals surface area (Å²) >= 11 is 5.98. The molecule has 0 aliphatic carbocycles. The zero-order valence-electron chi connectivity index (χ0n) is 16.2. The van der Waals surface area contributed by atoms with Crippen LogP contribution >= 0.6 is 11.6 Å². The summed E-state index contributed by atoms with van der Waals surface area (Å²) in [4.78, 5) is 41.0. The van der Waals surface area contributed by atoms with E-state index in [1.807, 2.05) is 4.90 Å². The minimum atomic E-state index is -0.151. The van der Waals surface area contributed by atoms with Crippen LogP contribution in [0.25, 0.3) is 0 Å². The van der Waals surface area contributed by atoms with Gasteiger partial charge in [0, 0.05) is 42.7 Å². The summed E-state index contributed by atoms with van der Waals surface area (Å²) in [6, 6.07) is 6.95. The first-order valence-electron chi connectivity index (χ1n) is 10.00. The van der Waals surface area contributed by atoms with Crippen LogP contribution in [-0.4, -0.2) is 60.4 Å². The second-order valence-electron chi connectivity index (χ2n) is 7.43. The fourth-order valence-electron chi connectivity index (χ4n) is 3.99. The van der Waals surface area contributed by atoms with E-state index >= 15 is 0 Å². The Morgan fingerprint density at radius 3 is 2.21 bits per heavy atom. The Kier molecular flexibility index (Phi) is 6.94. The Morgan fingerprint density at radius 2 is 1.61 bits per heavy atom. The van der Waals surface area contributed by atoms with Crippen molar-refractivity contribution in [3.8, 4) is 0 Å². The number of benzene rings is 1. The summed E-state index contributed by atoms with van der Waals surface area (Å²) < 4.78 is 5.08. The van der Waals surface area contributed by atoms with Gasteiger partial charge in [0.05, 0.1) is 12.5 Å². The predicted octanol–water partition coefficient (Wildman–Crippen LogP) is 2.99. The smallest absolute Gasteiger partial charge is 0.309 e. The molecule has 2 aliphatic rings. The van der Waals surface area contributed by atoms with Crippen LogP contribution in [0.3, 0.4) is 0 Å². The highest BCUT2D eigenvalue weighted by molar-refractivity contribution is 6.30. The monoisotopic (exact) mass is 406 g/mol. The third-order valence-electron chi connectivity index (χ3n) is 5.63. The highest BCUT2D eigenvalue weighted by Gasteiger charge is 2.34. The summed E-state index contributed by atoms with van der Waals surface area (Å²) in [6.07, 6.45) is 2.67. The van der Waals surface area contributed by atoms with Crippen molar-refractivity contribution in [3.05, 3.63) is 34.9 Å². The summed E-state index contributed by atoms with van der Waals surface area (Å²) in [5.74, 6) is -0.188. The molecule has 152 valence electrons. The van der Waals surface area contributed by atoms with Crippen molar-refractivity contribution in [2.45, 2.75) is 32.6 Å². The van der Waals surface area contributed by atoms with Crippen molar-refractivity contribution in [1.29, 1.82) is 0 Å². The molecule has 7 heteroatoms. The molecule has 0 spiro atoms. The van der Waals surface area contributed by atoms with Crippen molar-refractivity contribution in [1.82, 2.24) is 9.80 Å². The van der Waals surface area contributed by atoms with E-state index in [0.717, 1.165) is 0 Å². The number of hydrogen-bond donors (Lipinski definition) is 0. The highest BCUT2D eigenvalue weighted by Crippen LogP contribution is 2.25. The normalized spacial score (nSPS) is 18.8. The van der Waals surface area contributed by atoms with Gasteiger partial charge in [-0.2, -0.15) is 0 Å². The van der Waals surface area contributed by atoms with Gasteiger partial charge in [-0.1, -0.05) is 17.7 Å². The molecule has 2 amide bonds. The number of piperidine rings is 2. The molecular formula is C21H27ClN2O4. The average Bonchev–Trinajstić information content (AvgIpc) is 2.73. The molecule has 0 bridgehead atoms. The maximum absolute atomic E-state index is 12.8. The number of ether oxygens (including phenoxy) is 1. The molecule has 6 nitrogen and oxygen atoms in total. The predicted molar refractivity (Wildman–Crippen MR) is 106 cm³/mol. The van der Waals surface area contributed by atoms with Crippen molar-refractivity contribution < 1.29 is 19.1 Å². The van der Waals surface area contributed by atoms with Crippen LogP contribution in [0.5, 0.6) is 0 Å². The lowest BCUT2D eigenvalue weighted by Gasteiger charge is -2.37. The standard InChI is InChI=1S/C21H27ClN2O4/c1-2-28-21(27)16-8-12-23(13-9-16)19(25)15-6-10-24(11-7-15)20(26)17-4-3-5-18(22)14-17/h3-5,14-16H,2,6-13H2,1H3. The molecular weight excluding hydrogens is 380 g/mol. The SMILES string of the molecule is CCOC(=O)C1CCN(C(=O)C2CCN(C(=O)c3cccc(Cl)c3)CC2)CC1. The first-order valence-corrected chi connectivity index (χ1v) is 10.4. The zero-order valence-corrected chi connectivity index (χ0v) is 17.0. The van der Waals surface area contributed by atoms with Crippen molar-refractivity contribution >= 4 is 29.4 Å². The molecule has 2 heterocycles. The van der Waals surface area contributed by atoms with E-state index in [-0.39, 0.29) is 29.6 Å². The second kappa shape index (κ2) is 9.41. The molecule has 1 aromatic carbocycles. The van der Waals surface area contributed by atoms with Crippen LogP contribution < -0.4 is 0 Å². The van der Waals surface area contributed by atoms with E-state index in [9.17, 15) is 14.4 Å². The number of carbonyl (C=O) groups is 3. The Balaban J connectivity index is 1.48. The molecule has 2 aliphatic heterocycles. The van der Waals surface area contributed by atoms with Gasteiger partial charge >= 0.3 is 5.97 Å². The third kappa shape index (κ3) is 4.85. The molecule has 1 aromatic rings. The van der Waals surface area contributed by atoms with E-state index < -0.39 is 0 Å². The van der Waals surface area contributed by atoms with Crippen LogP contribution in [0.2, 0.25) is 5.02 Å². The fraction of sp³-hybridized carbons (Fsp3) is 0.571. The van der Waals surface area contributed by atoms with Crippen LogP contribution in [0.15, 0.2) is 24.3 Å². The maximum atomic E-state index is 12.8. The topological polar surface area (TPSA) is 66.9 Å². The number of likely N-dealkylation sites (tertiary alicyclic amines) is 2. The third-order valence-corrected chi connectivity index (χ3v) is 5.86. The highest BCUT2D eigenvalue weighted by atomic mass is 35.5. The number of halogens is 1. The molecule has 0 aromatic heterocycles. The molecule has 0 unspecified atom stereocenters. The molecule has 2 fully saturated rings. The number of esters is 1. The van der Waals surface area contributed by atoms with Crippen LogP contribution in [0.4, 0.5) is 0 Å².